The third-order valence-corrected chi connectivity index (χ3v) is 3.56. The van der Waals surface area contributed by atoms with E-state index in [9.17, 15) is 17.6 Å². The summed E-state index contributed by atoms with van der Waals surface area (Å²) in [6, 6.07) is 8.80. The maximum Gasteiger partial charge on any atom is 0.416 e. The van der Waals surface area contributed by atoms with Crippen LogP contribution in [0.4, 0.5) is 17.6 Å². The lowest BCUT2D eigenvalue weighted by Gasteiger charge is -2.17. The molecule has 0 unspecified atom stereocenters. The molecule has 0 aliphatic heterocycles. The van der Waals surface area contributed by atoms with Gasteiger partial charge in [0.2, 0.25) is 0 Å². The van der Waals surface area contributed by atoms with Crippen molar-refractivity contribution >= 4 is 15.9 Å². The van der Waals surface area contributed by atoms with Crippen LogP contribution in [0.25, 0.3) is 0 Å². The zero-order valence-corrected chi connectivity index (χ0v) is 12.5. The highest BCUT2D eigenvalue weighted by molar-refractivity contribution is 9.10. The topological polar surface area (TPSA) is 9.23 Å². The van der Waals surface area contributed by atoms with Gasteiger partial charge in [-0.1, -0.05) is 12.1 Å². The monoisotopic (exact) mass is 362 g/mol. The molecule has 21 heavy (non-hydrogen) atoms. The van der Waals surface area contributed by atoms with E-state index in [2.05, 4.69) is 15.9 Å². The lowest BCUT2D eigenvalue weighted by Crippen LogP contribution is -2.07. The van der Waals surface area contributed by atoms with Gasteiger partial charge in [0.15, 0.2) is 0 Å². The SMILES string of the molecule is C[C@@H](Oc1cc(C(F)(F)F)ccc1Br)c1ccc(F)cc1. The van der Waals surface area contributed by atoms with Crippen LogP contribution in [-0.2, 0) is 6.18 Å². The first-order chi connectivity index (χ1) is 9.77. The Balaban J connectivity index is 2.24. The normalized spacial score (nSPS) is 13.0. The van der Waals surface area contributed by atoms with E-state index in [1.807, 2.05) is 0 Å². The Labute approximate surface area is 127 Å². The molecule has 0 aliphatic rings. The van der Waals surface area contributed by atoms with Crippen LogP contribution in [0.5, 0.6) is 5.75 Å². The van der Waals surface area contributed by atoms with E-state index in [-0.39, 0.29) is 11.6 Å². The predicted octanol–water partition coefficient (Wildman–Crippen LogP) is 5.75. The molecular weight excluding hydrogens is 352 g/mol. The molecule has 0 aliphatic carbocycles. The minimum atomic E-state index is -4.43. The summed E-state index contributed by atoms with van der Waals surface area (Å²) in [7, 11) is 0. The molecule has 0 bridgehead atoms. The third-order valence-electron chi connectivity index (χ3n) is 2.90. The number of hydrogen-bond donors (Lipinski definition) is 0. The molecule has 2 rings (SSSR count). The second kappa shape index (κ2) is 6.05. The van der Waals surface area contributed by atoms with Gasteiger partial charge in [0.1, 0.15) is 17.7 Å². The van der Waals surface area contributed by atoms with Gasteiger partial charge in [-0.05, 0) is 58.7 Å². The molecule has 0 saturated carbocycles. The number of hydrogen-bond acceptors (Lipinski definition) is 1. The van der Waals surface area contributed by atoms with E-state index >= 15 is 0 Å². The minimum Gasteiger partial charge on any atom is -0.485 e. The van der Waals surface area contributed by atoms with Gasteiger partial charge in [0, 0.05) is 0 Å². The molecule has 0 spiro atoms. The summed E-state index contributed by atoms with van der Waals surface area (Å²) < 4.78 is 56.9. The van der Waals surface area contributed by atoms with Crippen LogP contribution in [0.3, 0.4) is 0 Å². The summed E-state index contributed by atoms with van der Waals surface area (Å²) >= 11 is 3.16. The average molecular weight is 363 g/mol. The molecule has 0 fully saturated rings. The maximum absolute atomic E-state index is 12.9. The van der Waals surface area contributed by atoms with Crippen molar-refractivity contribution in [3.05, 3.63) is 63.9 Å². The molecule has 0 N–H and O–H groups in total. The van der Waals surface area contributed by atoms with Gasteiger partial charge in [0.05, 0.1) is 10.0 Å². The Morgan fingerprint density at radius 2 is 1.67 bits per heavy atom. The number of halogens is 5. The standard InChI is InChI=1S/C15H11BrF4O/c1-9(10-2-5-12(17)6-3-10)21-14-8-11(15(18,19)20)4-7-13(14)16/h2-9H,1H3/t9-/m1/s1. The van der Waals surface area contributed by atoms with Crippen molar-refractivity contribution in [3.8, 4) is 5.75 Å². The largest absolute Gasteiger partial charge is 0.485 e. The van der Waals surface area contributed by atoms with Crippen molar-refractivity contribution < 1.29 is 22.3 Å². The third kappa shape index (κ3) is 3.97. The van der Waals surface area contributed by atoms with Crippen LogP contribution in [0.2, 0.25) is 0 Å². The summed E-state index contributed by atoms with van der Waals surface area (Å²) in [6.07, 6.45) is -4.94. The predicted molar refractivity (Wildman–Crippen MR) is 74.6 cm³/mol. The van der Waals surface area contributed by atoms with Crippen LogP contribution in [0, 0.1) is 5.82 Å². The maximum atomic E-state index is 12.9. The molecule has 0 heterocycles. The van der Waals surface area contributed by atoms with Crippen molar-refractivity contribution in [2.24, 2.45) is 0 Å². The molecule has 6 heteroatoms. The average Bonchev–Trinajstić information content (AvgIpc) is 2.40. The van der Waals surface area contributed by atoms with Crippen molar-refractivity contribution in [2.45, 2.75) is 19.2 Å². The summed E-state index contributed by atoms with van der Waals surface area (Å²) in [5.74, 6) is -0.298. The summed E-state index contributed by atoms with van der Waals surface area (Å²) in [5.41, 5.74) is -0.118. The van der Waals surface area contributed by atoms with Crippen LogP contribution >= 0.6 is 15.9 Å². The van der Waals surface area contributed by atoms with Crippen molar-refractivity contribution in [1.82, 2.24) is 0 Å². The van der Waals surface area contributed by atoms with Crippen molar-refractivity contribution in [2.75, 3.05) is 0 Å². The number of ether oxygens (including phenoxy) is 1. The number of alkyl halides is 3. The Kier molecular flexibility index (Phi) is 4.56. The van der Waals surface area contributed by atoms with E-state index in [0.29, 0.717) is 10.0 Å². The fourth-order valence-corrected chi connectivity index (χ4v) is 2.10. The smallest absolute Gasteiger partial charge is 0.416 e. The zero-order chi connectivity index (χ0) is 15.6. The first-order valence-corrected chi connectivity index (χ1v) is 6.85. The molecule has 0 amide bonds. The zero-order valence-electron chi connectivity index (χ0n) is 10.9. The lowest BCUT2D eigenvalue weighted by atomic mass is 10.1. The first-order valence-electron chi connectivity index (χ1n) is 6.06. The molecule has 0 saturated heterocycles. The highest BCUT2D eigenvalue weighted by atomic mass is 79.9. The Morgan fingerprint density at radius 3 is 2.24 bits per heavy atom. The van der Waals surface area contributed by atoms with Gasteiger partial charge in [-0.15, -0.1) is 0 Å². The van der Waals surface area contributed by atoms with Gasteiger partial charge < -0.3 is 4.74 Å². The van der Waals surface area contributed by atoms with Gasteiger partial charge in [0.25, 0.3) is 0 Å². The molecule has 0 radical (unpaired) electrons. The van der Waals surface area contributed by atoms with E-state index in [0.717, 1.165) is 12.1 Å². The molecule has 1 nitrogen and oxygen atoms in total. The van der Waals surface area contributed by atoms with Gasteiger partial charge >= 0.3 is 6.18 Å². The fraction of sp³-hybridized carbons (Fsp3) is 0.200. The van der Waals surface area contributed by atoms with E-state index < -0.39 is 17.8 Å². The van der Waals surface area contributed by atoms with Crippen LogP contribution < -0.4 is 4.74 Å². The summed E-state index contributed by atoms with van der Waals surface area (Å²) in [4.78, 5) is 0. The highest BCUT2D eigenvalue weighted by Crippen LogP contribution is 2.36. The number of benzene rings is 2. The Hall–Kier alpha value is -1.56. The number of rotatable bonds is 3. The molecule has 2 aromatic rings. The minimum absolute atomic E-state index is 0.0849. The molecule has 112 valence electrons. The highest BCUT2D eigenvalue weighted by Gasteiger charge is 2.31. The van der Waals surface area contributed by atoms with Crippen LogP contribution in [-0.4, -0.2) is 0 Å². The lowest BCUT2D eigenvalue weighted by molar-refractivity contribution is -0.137. The van der Waals surface area contributed by atoms with Gasteiger partial charge in [-0.3, -0.25) is 0 Å². The fourth-order valence-electron chi connectivity index (χ4n) is 1.76. The first kappa shape index (κ1) is 15.8. The van der Waals surface area contributed by atoms with E-state index in [1.165, 1.54) is 30.3 Å². The van der Waals surface area contributed by atoms with Gasteiger partial charge in [-0.2, -0.15) is 13.2 Å². The van der Waals surface area contributed by atoms with Crippen molar-refractivity contribution in [3.63, 3.8) is 0 Å². The Morgan fingerprint density at radius 1 is 1.05 bits per heavy atom. The molecule has 1 atom stereocenters. The van der Waals surface area contributed by atoms with Crippen LogP contribution in [0.15, 0.2) is 46.9 Å². The second-order valence-corrected chi connectivity index (χ2v) is 5.31. The van der Waals surface area contributed by atoms with Gasteiger partial charge in [-0.25, -0.2) is 4.39 Å². The molecule has 0 aromatic heterocycles. The van der Waals surface area contributed by atoms with E-state index in [4.69, 9.17) is 4.74 Å². The van der Waals surface area contributed by atoms with Crippen LogP contribution in [0.1, 0.15) is 24.2 Å². The quantitative estimate of drug-likeness (QED) is 0.632. The molecular formula is C15H11BrF4O. The summed E-state index contributed by atoms with van der Waals surface area (Å²) in [6.45, 7) is 1.68. The van der Waals surface area contributed by atoms with E-state index in [1.54, 1.807) is 6.92 Å². The Bertz CT molecular complexity index is 623. The second-order valence-electron chi connectivity index (χ2n) is 4.45. The van der Waals surface area contributed by atoms with Crippen molar-refractivity contribution in [1.29, 1.82) is 0 Å². The molecule has 2 aromatic carbocycles. The summed E-state index contributed by atoms with van der Waals surface area (Å²) in [5, 5.41) is 0.